The van der Waals surface area contributed by atoms with Crippen molar-refractivity contribution in [3.8, 4) is 0 Å². The van der Waals surface area contributed by atoms with E-state index in [4.69, 9.17) is 9.59 Å². The summed E-state index contributed by atoms with van der Waals surface area (Å²) < 4.78 is 2.87. The quantitative estimate of drug-likeness (QED) is 0.460. The second-order valence-corrected chi connectivity index (χ2v) is 2.81. The van der Waals surface area contributed by atoms with Crippen molar-refractivity contribution >= 4 is 8.95 Å². The Kier molecular flexibility index (Phi) is 6.88. The molecule has 0 bridgehead atoms. The molecule has 2 nitrogen and oxygen atoms in total. The van der Waals surface area contributed by atoms with Crippen LogP contribution in [0.25, 0.3) is 0 Å². The smallest absolute Gasteiger partial charge is 0.0687 e. The maximum atomic E-state index is 9.06. The van der Waals surface area contributed by atoms with Gasteiger partial charge in [-0.2, -0.15) is 0 Å². The predicted octanol–water partition coefficient (Wildman–Crippen LogP) is 0.766. The van der Waals surface area contributed by atoms with E-state index in [9.17, 15) is 0 Å². The van der Waals surface area contributed by atoms with Gasteiger partial charge in [0.2, 0.25) is 0 Å². The Morgan fingerprint density at radius 3 is 1.73 bits per heavy atom. The zero-order valence-corrected chi connectivity index (χ0v) is 7.50. The Morgan fingerprint density at radius 2 is 1.64 bits per heavy atom. The van der Waals surface area contributed by atoms with Crippen molar-refractivity contribution in [3.05, 3.63) is 31.2 Å². The van der Waals surface area contributed by atoms with Gasteiger partial charge in [0.05, 0.1) is 0 Å². The first kappa shape index (κ1) is 10.3. The van der Waals surface area contributed by atoms with Crippen LogP contribution in [-0.4, -0.2) is 8.95 Å². The van der Waals surface area contributed by atoms with Gasteiger partial charge in [0.1, 0.15) is 0 Å². The molecule has 1 aliphatic rings. The molecule has 3 heteroatoms. The molecule has 0 aliphatic heterocycles. The van der Waals surface area contributed by atoms with Gasteiger partial charge in [-0.15, -0.1) is 18.1 Å². The molecular weight excluding hydrogens is 229 g/mol. The van der Waals surface area contributed by atoms with Gasteiger partial charge in [0.25, 0.3) is 0 Å². The molecule has 0 fully saturated rings. The van der Waals surface area contributed by atoms with Crippen LogP contribution < -0.4 is 0 Å². The summed E-state index contributed by atoms with van der Waals surface area (Å²) in [6.45, 7) is 3.76. The normalized spacial score (nSPS) is 13.2. The fourth-order valence-electron chi connectivity index (χ4n) is 0.493. The molecule has 0 aromatic rings. The summed E-state index contributed by atoms with van der Waals surface area (Å²) in [5.41, 5.74) is 0. The van der Waals surface area contributed by atoms with E-state index in [1.165, 1.54) is 8.95 Å². The Hall–Kier alpha value is -0.737. The fourth-order valence-corrected chi connectivity index (χ4v) is 0.565. The van der Waals surface area contributed by atoms with Crippen molar-refractivity contribution in [1.82, 2.24) is 0 Å². The molecule has 0 heterocycles. The van der Waals surface area contributed by atoms with Crippen LogP contribution in [0.5, 0.6) is 0 Å². The van der Waals surface area contributed by atoms with Crippen molar-refractivity contribution in [2.45, 2.75) is 0 Å². The van der Waals surface area contributed by atoms with E-state index in [0.717, 1.165) is 0 Å². The van der Waals surface area contributed by atoms with Gasteiger partial charge in [0, 0.05) is 0 Å². The first-order valence-electron chi connectivity index (χ1n) is 2.84. The van der Waals surface area contributed by atoms with Crippen molar-refractivity contribution in [2.24, 2.45) is 5.92 Å². The van der Waals surface area contributed by atoms with Crippen molar-refractivity contribution in [2.75, 3.05) is 0 Å². The van der Waals surface area contributed by atoms with Crippen molar-refractivity contribution < 1.29 is 25.8 Å². The minimum atomic E-state index is -0.842. The van der Waals surface area contributed by atoms with Gasteiger partial charge >= 0.3 is 34.8 Å². The van der Waals surface area contributed by atoms with Crippen LogP contribution >= 0.6 is 0 Å². The molecule has 0 saturated carbocycles. The molecule has 60 valence electrons. The Balaban J connectivity index is 0.000000187. The van der Waals surface area contributed by atoms with Crippen LogP contribution in [0.4, 0.5) is 0 Å². The predicted molar refractivity (Wildman–Crippen MR) is 38.5 cm³/mol. The average Bonchev–Trinajstić information content (AvgIpc) is 2.43. The van der Waals surface area contributed by atoms with Crippen LogP contribution in [0.1, 0.15) is 0 Å². The maximum Gasteiger partial charge on any atom is -0.0687 e. The number of allylic oxidation sites excluding steroid dienone is 4. The molecule has 0 aromatic carbocycles. The first-order valence-corrected chi connectivity index (χ1v) is 4.57. The van der Waals surface area contributed by atoms with Gasteiger partial charge in [-0.05, 0) is 0 Å². The number of carbonyl (C=O) groups excluding carboxylic acids is 2. The average molecular weight is 236 g/mol. The zero-order chi connectivity index (χ0) is 8.53. The molecule has 0 atom stereocenters. The fraction of sp³-hybridized carbons (Fsp3) is 0.125. The van der Waals surface area contributed by atoms with Gasteiger partial charge in [-0.25, -0.2) is 0 Å². The van der Waals surface area contributed by atoms with E-state index in [0.29, 0.717) is 5.92 Å². The molecule has 0 radical (unpaired) electrons. The molecule has 0 aromatic heterocycles. The van der Waals surface area contributed by atoms with Crippen molar-refractivity contribution in [3.63, 3.8) is 0 Å². The summed E-state index contributed by atoms with van der Waals surface area (Å²) in [6, 6.07) is 0. The zero-order valence-electron chi connectivity index (χ0n) is 5.76. The summed E-state index contributed by atoms with van der Waals surface area (Å²) in [4.78, 5) is 18.1. The third-order valence-electron chi connectivity index (χ3n) is 0.900. The molecule has 0 saturated heterocycles. The molecule has 0 amide bonds. The van der Waals surface area contributed by atoms with Crippen molar-refractivity contribution in [1.29, 1.82) is 0 Å². The van der Waals surface area contributed by atoms with Gasteiger partial charge in [-0.3, -0.25) is 0 Å². The molecular formula is C8H7O2Ru-. The maximum absolute atomic E-state index is 9.06. The molecule has 0 spiro atoms. The molecule has 1 rings (SSSR count). The molecule has 0 N–H and O–H groups in total. The van der Waals surface area contributed by atoms with E-state index in [1.54, 1.807) is 0 Å². The Bertz CT molecular complexity index is 238. The summed E-state index contributed by atoms with van der Waals surface area (Å²) >= 11 is -0.842. The van der Waals surface area contributed by atoms with E-state index < -0.39 is 16.2 Å². The molecule has 0 unspecified atom stereocenters. The first-order chi connectivity index (χ1) is 5.31. The van der Waals surface area contributed by atoms with Gasteiger partial charge < -0.3 is 6.92 Å². The largest absolute Gasteiger partial charge is 0.333 e. The van der Waals surface area contributed by atoms with E-state index in [1.807, 2.05) is 12.2 Å². The Morgan fingerprint density at radius 1 is 1.18 bits per heavy atom. The van der Waals surface area contributed by atoms with Crippen LogP contribution in [0, 0.1) is 12.8 Å². The molecule has 1 aliphatic carbocycles. The van der Waals surface area contributed by atoms with Crippen LogP contribution in [0.2, 0.25) is 0 Å². The minimum absolute atomic E-state index is 0.435. The summed E-state index contributed by atoms with van der Waals surface area (Å²) in [5, 5.41) is 0. The van der Waals surface area contributed by atoms with Crippen LogP contribution in [0.15, 0.2) is 24.3 Å². The number of rotatable bonds is 0. The van der Waals surface area contributed by atoms with Crippen LogP contribution in [0.3, 0.4) is 0 Å². The van der Waals surface area contributed by atoms with Gasteiger partial charge in [-0.1, -0.05) is 12.2 Å². The summed E-state index contributed by atoms with van der Waals surface area (Å²) in [7, 11) is 0. The monoisotopic (exact) mass is 237 g/mol. The van der Waals surface area contributed by atoms with Crippen LogP contribution in [-0.2, 0) is 25.8 Å². The third-order valence-corrected chi connectivity index (χ3v) is 1.25. The Labute approximate surface area is 72.2 Å². The SMILES string of the molecule is O=[C]=[Ru]=[C]=O.[CH2-]C1C=CC=C1. The second kappa shape index (κ2) is 7.37. The van der Waals surface area contributed by atoms with E-state index >= 15 is 0 Å². The number of hydrogen-bond acceptors (Lipinski definition) is 2. The topological polar surface area (TPSA) is 34.1 Å². The summed E-state index contributed by atoms with van der Waals surface area (Å²) in [6.07, 6.45) is 8.13. The molecule has 11 heavy (non-hydrogen) atoms. The number of hydrogen-bond donors (Lipinski definition) is 0. The standard InChI is InChI=1S/C6H7.2CO.Ru/c1-6-4-2-3-5-6;2*1-2;/h2-6H,1H2;;;/q-1;;;. The van der Waals surface area contributed by atoms with Gasteiger partial charge in [0.15, 0.2) is 0 Å². The van der Waals surface area contributed by atoms with E-state index in [2.05, 4.69) is 19.1 Å². The minimum Gasteiger partial charge on any atom is -0.333 e. The summed E-state index contributed by atoms with van der Waals surface area (Å²) in [5.74, 6) is 0.435. The third kappa shape index (κ3) is 7.16. The van der Waals surface area contributed by atoms with E-state index in [-0.39, 0.29) is 0 Å². The second-order valence-electron chi connectivity index (χ2n) is 1.67.